The molecule has 0 aliphatic rings. The second kappa shape index (κ2) is 7.58. The number of carbonyl (C=O) groups is 1. The summed E-state index contributed by atoms with van der Waals surface area (Å²) in [7, 11) is -3.16. The van der Waals surface area contributed by atoms with E-state index < -0.39 is 15.9 Å². The molecule has 0 bridgehead atoms. The van der Waals surface area contributed by atoms with Gasteiger partial charge in [-0.05, 0) is 38.5 Å². The molecular weight excluding hydrogens is 307 g/mol. The van der Waals surface area contributed by atoms with Gasteiger partial charge in [0.25, 0.3) is 0 Å². The van der Waals surface area contributed by atoms with Crippen LogP contribution in [0.2, 0.25) is 0 Å². The minimum absolute atomic E-state index is 0.0841. The zero-order valence-corrected chi connectivity index (χ0v) is 14.2. The maximum absolute atomic E-state index is 12.9. The number of hydrogen-bond donors (Lipinski definition) is 1. The van der Waals surface area contributed by atoms with E-state index in [1.54, 1.807) is 32.9 Å². The Balaban J connectivity index is 2.74. The van der Waals surface area contributed by atoms with Crippen LogP contribution in [-0.4, -0.2) is 43.9 Å². The molecule has 0 aromatic heterocycles. The van der Waals surface area contributed by atoms with E-state index >= 15 is 0 Å². The van der Waals surface area contributed by atoms with Gasteiger partial charge in [-0.25, -0.2) is 17.6 Å². The van der Waals surface area contributed by atoms with Gasteiger partial charge in [0.15, 0.2) is 0 Å². The molecule has 2 amide bonds. The molecule has 0 fully saturated rings. The molecule has 0 aliphatic carbocycles. The number of rotatable bonds is 6. The van der Waals surface area contributed by atoms with Gasteiger partial charge in [0.2, 0.25) is 0 Å². The van der Waals surface area contributed by atoms with Crippen LogP contribution in [-0.2, 0) is 9.84 Å². The predicted octanol–water partition coefficient (Wildman–Crippen LogP) is 2.35. The molecule has 0 heterocycles. The maximum Gasteiger partial charge on any atom is 0.318 e. The van der Waals surface area contributed by atoms with Gasteiger partial charge < -0.3 is 10.2 Å². The van der Waals surface area contributed by atoms with Crippen LogP contribution < -0.4 is 5.32 Å². The van der Waals surface area contributed by atoms with Crippen molar-refractivity contribution in [2.45, 2.75) is 32.9 Å². The highest BCUT2D eigenvalue weighted by Gasteiger charge is 2.23. The quantitative estimate of drug-likeness (QED) is 0.871. The van der Waals surface area contributed by atoms with Gasteiger partial charge in [-0.3, -0.25) is 0 Å². The van der Waals surface area contributed by atoms with Crippen molar-refractivity contribution in [3.8, 4) is 0 Å². The van der Waals surface area contributed by atoms with E-state index in [-0.39, 0.29) is 23.6 Å². The van der Waals surface area contributed by atoms with Crippen molar-refractivity contribution in [1.29, 1.82) is 0 Å². The Bertz CT molecular complexity index is 602. The number of sulfone groups is 1. The number of amides is 2. The minimum atomic E-state index is -3.16. The first-order chi connectivity index (χ1) is 10.1. The SMILES string of the molecule is CCN(C(=O)N[C@@H](C)c1ccc(F)cc1)[C@@H](C)CS(C)(=O)=O. The molecule has 0 aliphatic heterocycles. The largest absolute Gasteiger partial charge is 0.331 e. The smallest absolute Gasteiger partial charge is 0.318 e. The van der Waals surface area contributed by atoms with Crippen molar-refractivity contribution < 1.29 is 17.6 Å². The van der Waals surface area contributed by atoms with Gasteiger partial charge in [0.1, 0.15) is 15.7 Å². The highest BCUT2D eigenvalue weighted by molar-refractivity contribution is 7.90. The van der Waals surface area contributed by atoms with Crippen molar-refractivity contribution in [2.75, 3.05) is 18.6 Å². The molecule has 22 heavy (non-hydrogen) atoms. The zero-order valence-electron chi connectivity index (χ0n) is 13.3. The van der Waals surface area contributed by atoms with Gasteiger partial charge in [-0.1, -0.05) is 12.1 Å². The average Bonchev–Trinajstić information content (AvgIpc) is 2.37. The van der Waals surface area contributed by atoms with E-state index in [0.29, 0.717) is 6.54 Å². The van der Waals surface area contributed by atoms with E-state index in [1.165, 1.54) is 17.0 Å². The minimum Gasteiger partial charge on any atom is -0.331 e. The predicted molar refractivity (Wildman–Crippen MR) is 84.9 cm³/mol. The Kier molecular flexibility index (Phi) is 6.34. The van der Waals surface area contributed by atoms with Crippen LogP contribution in [0.15, 0.2) is 24.3 Å². The molecule has 0 saturated carbocycles. The molecule has 124 valence electrons. The van der Waals surface area contributed by atoms with Crippen molar-refractivity contribution in [1.82, 2.24) is 10.2 Å². The summed E-state index contributed by atoms with van der Waals surface area (Å²) >= 11 is 0. The number of carbonyl (C=O) groups excluding carboxylic acids is 1. The highest BCUT2D eigenvalue weighted by Crippen LogP contribution is 2.14. The van der Waals surface area contributed by atoms with Crippen molar-refractivity contribution in [3.05, 3.63) is 35.6 Å². The molecule has 1 aromatic rings. The summed E-state index contributed by atoms with van der Waals surface area (Å²) in [4.78, 5) is 13.8. The normalized spacial score (nSPS) is 14.2. The Labute approximate surface area is 131 Å². The molecule has 2 atom stereocenters. The lowest BCUT2D eigenvalue weighted by Gasteiger charge is -2.29. The van der Waals surface area contributed by atoms with Gasteiger partial charge in [0.05, 0.1) is 11.8 Å². The Hall–Kier alpha value is -1.63. The summed E-state index contributed by atoms with van der Waals surface area (Å²) in [5, 5.41) is 2.80. The Morgan fingerprint density at radius 2 is 1.82 bits per heavy atom. The fraction of sp³-hybridized carbons (Fsp3) is 0.533. The molecule has 7 heteroatoms. The summed E-state index contributed by atoms with van der Waals surface area (Å²) in [5.41, 5.74) is 0.779. The molecule has 1 aromatic carbocycles. The summed E-state index contributed by atoms with van der Waals surface area (Å²) in [6.07, 6.45) is 1.15. The lowest BCUT2D eigenvalue weighted by Crippen LogP contribution is -2.47. The summed E-state index contributed by atoms with van der Waals surface area (Å²) < 4.78 is 35.6. The van der Waals surface area contributed by atoms with E-state index in [4.69, 9.17) is 0 Å². The second-order valence-electron chi connectivity index (χ2n) is 5.45. The number of halogens is 1. The molecular formula is C15H23FN2O3S. The number of benzene rings is 1. The first-order valence-corrected chi connectivity index (χ1v) is 9.20. The van der Waals surface area contributed by atoms with Crippen molar-refractivity contribution >= 4 is 15.9 Å². The number of urea groups is 1. The van der Waals surface area contributed by atoms with Crippen LogP contribution in [0.3, 0.4) is 0 Å². The molecule has 5 nitrogen and oxygen atoms in total. The monoisotopic (exact) mass is 330 g/mol. The summed E-state index contributed by atoms with van der Waals surface area (Å²) in [6.45, 7) is 5.69. The fourth-order valence-electron chi connectivity index (χ4n) is 2.29. The van der Waals surface area contributed by atoms with E-state index in [1.807, 2.05) is 0 Å². The summed E-state index contributed by atoms with van der Waals surface area (Å²) in [5.74, 6) is -0.418. The molecule has 0 radical (unpaired) electrons. The van der Waals surface area contributed by atoms with Crippen LogP contribution in [0.4, 0.5) is 9.18 Å². The van der Waals surface area contributed by atoms with Crippen molar-refractivity contribution in [3.63, 3.8) is 0 Å². The van der Waals surface area contributed by atoms with Crippen LogP contribution >= 0.6 is 0 Å². The van der Waals surface area contributed by atoms with Crippen LogP contribution in [0, 0.1) is 5.82 Å². The van der Waals surface area contributed by atoms with Crippen LogP contribution in [0.25, 0.3) is 0 Å². The van der Waals surface area contributed by atoms with Crippen molar-refractivity contribution in [2.24, 2.45) is 0 Å². The van der Waals surface area contributed by atoms with Crippen LogP contribution in [0.1, 0.15) is 32.4 Å². The number of nitrogens with one attached hydrogen (secondary N) is 1. The molecule has 1 rings (SSSR count). The summed E-state index contributed by atoms with van der Waals surface area (Å²) in [6, 6.07) is 4.83. The number of nitrogens with zero attached hydrogens (tertiary/aromatic N) is 1. The van der Waals surface area contributed by atoms with Gasteiger partial charge in [0, 0.05) is 18.8 Å². The van der Waals surface area contributed by atoms with E-state index in [9.17, 15) is 17.6 Å². The third kappa shape index (κ3) is 5.63. The lowest BCUT2D eigenvalue weighted by molar-refractivity contribution is 0.184. The first-order valence-electron chi connectivity index (χ1n) is 7.14. The zero-order chi connectivity index (χ0) is 16.9. The molecule has 0 unspecified atom stereocenters. The second-order valence-corrected chi connectivity index (χ2v) is 7.64. The maximum atomic E-state index is 12.9. The fourth-order valence-corrected chi connectivity index (χ4v) is 3.34. The third-order valence-corrected chi connectivity index (χ3v) is 4.48. The highest BCUT2D eigenvalue weighted by atomic mass is 32.2. The first kappa shape index (κ1) is 18.4. The number of hydrogen-bond acceptors (Lipinski definition) is 3. The molecule has 0 spiro atoms. The molecule has 0 saturated heterocycles. The lowest BCUT2D eigenvalue weighted by atomic mass is 10.1. The standard InChI is InChI=1S/C15H23FN2O3S/c1-5-18(11(2)10-22(4,20)21)15(19)17-12(3)13-6-8-14(16)9-7-13/h6-9,11-12H,5,10H2,1-4H3,(H,17,19)/t11-,12-/m0/s1. The average molecular weight is 330 g/mol. The Morgan fingerprint density at radius 1 is 1.27 bits per heavy atom. The van der Waals surface area contributed by atoms with Gasteiger partial charge in [-0.15, -0.1) is 0 Å². The van der Waals surface area contributed by atoms with E-state index in [0.717, 1.165) is 11.8 Å². The molecule has 1 N–H and O–H groups in total. The van der Waals surface area contributed by atoms with Crippen LogP contribution in [0.5, 0.6) is 0 Å². The topological polar surface area (TPSA) is 66.5 Å². The van der Waals surface area contributed by atoms with E-state index in [2.05, 4.69) is 5.32 Å². The van der Waals surface area contributed by atoms with Gasteiger partial charge in [-0.2, -0.15) is 0 Å². The van der Waals surface area contributed by atoms with Gasteiger partial charge >= 0.3 is 6.03 Å². The Morgan fingerprint density at radius 3 is 2.27 bits per heavy atom. The third-order valence-electron chi connectivity index (χ3n) is 3.39.